The van der Waals surface area contributed by atoms with Crippen LogP contribution in [-0.4, -0.2) is 16.5 Å². The maximum absolute atomic E-state index is 10.4. The Morgan fingerprint density at radius 3 is 2.58 bits per heavy atom. The molecule has 0 heterocycles. The van der Waals surface area contributed by atoms with Gasteiger partial charge in [0, 0.05) is 15.6 Å². The molecule has 0 fully saturated rings. The molecule has 1 aromatic carbocycles. The van der Waals surface area contributed by atoms with Gasteiger partial charge in [-0.1, -0.05) is 22.0 Å². The van der Waals surface area contributed by atoms with Crippen molar-refractivity contribution in [3.8, 4) is 0 Å². The summed E-state index contributed by atoms with van der Waals surface area (Å²) in [5.41, 5.74) is 0.493. The van der Waals surface area contributed by atoms with Crippen LogP contribution < -0.4 is 0 Å². The van der Waals surface area contributed by atoms with Crippen LogP contribution in [0.5, 0.6) is 0 Å². The third-order valence-corrected chi connectivity index (χ3v) is 1.95. The number of aliphatic hydroxyl groups is 2. The number of aldehydes is 1. The van der Waals surface area contributed by atoms with Crippen molar-refractivity contribution in [1.29, 1.82) is 0 Å². The van der Waals surface area contributed by atoms with Crippen LogP contribution in [0.4, 0.5) is 0 Å². The number of carbonyl (C=O) groups is 1. The zero-order chi connectivity index (χ0) is 9.14. The monoisotopic (exact) mass is 230 g/mol. The molecule has 0 aliphatic rings. The molecule has 0 saturated heterocycles. The average Bonchev–Trinajstić information content (AvgIpc) is 2.03. The summed E-state index contributed by atoms with van der Waals surface area (Å²) in [4.78, 5) is 10.4. The molecule has 2 N–H and O–H groups in total. The first-order valence-corrected chi connectivity index (χ1v) is 4.05. The van der Waals surface area contributed by atoms with Crippen LogP contribution in [0.2, 0.25) is 0 Å². The molecular formula is C8H7BrO3. The van der Waals surface area contributed by atoms with Gasteiger partial charge in [0.05, 0.1) is 0 Å². The fourth-order valence-corrected chi connectivity index (χ4v) is 1.26. The van der Waals surface area contributed by atoms with E-state index in [-0.39, 0.29) is 11.1 Å². The molecule has 0 aromatic heterocycles. The first kappa shape index (κ1) is 9.38. The van der Waals surface area contributed by atoms with Crippen molar-refractivity contribution in [3.05, 3.63) is 33.8 Å². The van der Waals surface area contributed by atoms with Crippen molar-refractivity contribution < 1.29 is 15.0 Å². The smallest absolute Gasteiger partial charge is 0.179 e. The predicted molar refractivity (Wildman–Crippen MR) is 46.7 cm³/mol. The van der Waals surface area contributed by atoms with Gasteiger partial charge in [-0.3, -0.25) is 4.79 Å². The summed E-state index contributed by atoms with van der Waals surface area (Å²) in [6, 6.07) is 4.65. The standard InChI is InChI=1S/C8H7BrO3/c9-6-1-2-7(8(11)12)5(3-6)4-10/h1-4,8,11-12H. The Morgan fingerprint density at radius 2 is 2.08 bits per heavy atom. The number of hydrogen-bond acceptors (Lipinski definition) is 3. The van der Waals surface area contributed by atoms with E-state index in [9.17, 15) is 4.79 Å². The lowest BCUT2D eigenvalue weighted by Crippen LogP contribution is -1.99. The van der Waals surface area contributed by atoms with Crippen LogP contribution in [0, 0.1) is 0 Å². The van der Waals surface area contributed by atoms with Gasteiger partial charge in [0.2, 0.25) is 0 Å². The van der Waals surface area contributed by atoms with E-state index in [2.05, 4.69) is 15.9 Å². The lowest BCUT2D eigenvalue weighted by atomic mass is 10.1. The van der Waals surface area contributed by atoms with Gasteiger partial charge in [0.1, 0.15) is 0 Å². The van der Waals surface area contributed by atoms with Crippen LogP contribution in [0.15, 0.2) is 22.7 Å². The van der Waals surface area contributed by atoms with Crippen LogP contribution in [0.25, 0.3) is 0 Å². The van der Waals surface area contributed by atoms with Crippen molar-refractivity contribution in [2.75, 3.05) is 0 Å². The Bertz CT molecular complexity index is 296. The highest BCUT2D eigenvalue weighted by molar-refractivity contribution is 9.10. The van der Waals surface area contributed by atoms with Crippen LogP contribution in [0.3, 0.4) is 0 Å². The van der Waals surface area contributed by atoms with Crippen LogP contribution >= 0.6 is 15.9 Å². The summed E-state index contributed by atoms with van der Waals surface area (Å²) in [6.07, 6.45) is -1.02. The SMILES string of the molecule is O=Cc1cc(Br)ccc1C(O)O. The van der Waals surface area contributed by atoms with Crippen LogP contribution in [-0.2, 0) is 0 Å². The Kier molecular flexibility index (Phi) is 2.97. The van der Waals surface area contributed by atoms with Crippen molar-refractivity contribution in [1.82, 2.24) is 0 Å². The molecule has 3 nitrogen and oxygen atoms in total. The Labute approximate surface area is 77.8 Å². The minimum absolute atomic E-state index is 0.216. The van der Waals surface area contributed by atoms with E-state index >= 15 is 0 Å². The highest BCUT2D eigenvalue weighted by Gasteiger charge is 2.08. The largest absolute Gasteiger partial charge is 0.364 e. The molecule has 0 saturated carbocycles. The molecule has 0 atom stereocenters. The van der Waals surface area contributed by atoms with E-state index < -0.39 is 6.29 Å². The maximum Gasteiger partial charge on any atom is 0.179 e. The third kappa shape index (κ3) is 1.91. The lowest BCUT2D eigenvalue weighted by Gasteiger charge is -2.06. The normalized spacial score (nSPS) is 10.3. The number of hydrogen-bond donors (Lipinski definition) is 2. The average molecular weight is 231 g/mol. The van der Waals surface area contributed by atoms with Gasteiger partial charge in [-0.15, -0.1) is 0 Å². The van der Waals surface area contributed by atoms with Gasteiger partial charge in [-0.05, 0) is 12.1 Å². The Hall–Kier alpha value is -0.710. The van der Waals surface area contributed by atoms with Crippen molar-refractivity contribution >= 4 is 22.2 Å². The van der Waals surface area contributed by atoms with Gasteiger partial charge in [0.25, 0.3) is 0 Å². The topological polar surface area (TPSA) is 57.5 Å². The van der Waals surface area contributed by atoms with Crippen molar-refractivity contribution in [2.24, 2.45) is 0 Å². The molecule has 0 unspecified atom stereocenters. The fraction of sp³-hybridized carbons (Fsp3) is 0.125. The molecule has 1 rings (SSSR count). The molecule has 4 heteroatoms. The highest BCUT2D eigenvalue weighted by Crippen LogP contribution is 2.19. The second kappa shape index (κ2) is 3.80. The molecule has 0 amide bonds. The van der Waals surface area contributed by atoms with Gasteiger partial charge in [-0.25, -0.2) is 0 Å². The molecule has 0 bridgehead atoms. The van der Waals surface area contributed by atoms with E-state index in [4.69, 9.17) is 10.2 Å². The number of rotatable bonds is 2. The lowest BCUT2D eigenvalue weighted by molar-refractivity contribution is -0.0428. The van der Waals surface area contributed by atoms with Crippen LogP contribution in [0.1, 0.15) is 22.2 Å². The summed E-state index contributed by atoms with van der Waals surface area (Å²) in [5, 5.41) is 17.6. The maximum atomic E-state index is 10.4. The summed E-state index contributed by atoms with van der Waals surface area (Å²) >= 11 is 3.16. The second-order valence-corrected chi connectivity index (χ2v) is 3.18. The number of benzene rings is 1. The van der Waals surface area contributed by atoms with E-state index in [1.165, 1.54) is 12.1 Å². The van der Waals surface area contributed by atoms with Crippen molar-refractivity contribution in [3.63, 3.8) is 0 Å². The Morgan fingerprint density at radius 1 is 1.42 bits per heavy atom. The quantitative estimate of drug-likeness (QED) is 0.594. The molecule has 1 aromatic rings. The summed E-state index contributed by atoms with van der Waals surface area (Å²) in [7, 11) is 0. The first-order chi connectivity index (χ1) is 5.65. The van der Waals surface area contributed by atoms with E-state index in [1.54, 1.807) is 6.07 Å². The van der Waals surface area contributed by atoms with E-state index in [0.29, 0.717) is 6.29 Å². The van der Waals surface area contributed by atoms with Gasteiger partial charge < -0.3 is 10.2 Å². The zero-order valence-electron chi connectivity index (χ0n) is 6.07. The molecule has 0 aliphatic carbocycles. The number of carbonyl (C=O) groups excluding carboxylic acids is 1. The number of halogens is 1. The molecule has 0 aliphatic heterocycles. The molecule has 64 valence electrons. The van der Waals surface area contributed by atoms with Gasteiger partial charge >= 0.3 is 0 Å². The van der Waals surface area contributed by atoms with E-state index in [1.807, 2.05) is 0 Å². The molecule has 12 heavy (non-hydrogen) atoms. The summed E-state index contributed by atoms with van der Waals surface area (Å²) in [5.74, 6) is 0. The minimum atomic E-state index is -1.60. The second-order valence-electron chi connectivity index (χ2n) is 2.26. The molecular weight excluding hydrogens is 224 g/mol. The molecule has 0 spiro atoms. The van der Waals surface area contributed by atoms with E-state index in [0.717, 1.165) is 4.47 Å². The number of aliphatic hydroxyl groups excluding tert-OH is 1. The minimum Gasteiger partial charge on any atom is -0.364 e. The predicted octanol–water partition coefficient (Wildman–Crippen LogP) is 1.24. The third-order valence-electron chi connectivity index (χ3n) is 1.45. The highest BCUT2D eigenvalue weighted by atomic mass is 79.9. The van der Waals surface area contributed by atoms with Gasteiger partial charge in [0.15, 0.2) is 12.6 Å². The summed E-state index contributed by atoms with van der Waals surface area (Å²) < 4.78 is 0.731. The van der Waals surface area contributed by atoms with Gasteiger partial charge in [-0.2, -0.15) is 0 Å². The molecule has 0 radical (unpaired) electrons. The summed E-state index contributed by atoms with van der Waals surface area (Å²) in [6.45, 7) is 0. The first-order valence-electron chi connectivity index (χ1n) is 3.26. The van der Waals surface area contributed by atoms with Crippen molar-refractivity contribution in [2.45, 2.75) is 6.29 Å². The zero-order valence-corrected chi connectivity index (χ0v) is 7.65. The Balaban J connectivity index is 3.20. The fourth-order valence-electron chi connectivity index (χ4n) is 0.883.